The number of fused-ring (bicyclic) bond motifs is 1. The molecule has 5 rings (SSSR count). The van der Waals surface area contributed by atoms with E-state index in [-0.39, 0.29) is 12.4 Å². The smallest absolute Gasteiger partial charge is 0.310 e. The summed E-state index contributed by atoms with van der Waals surface area (Å²) in [6.07, 6.45) is 4.03. The van der Waals surface area contributed by atoms with Crippen LogP contribution in [0.25, 0.3) is 27.8 Å². The van der Waals surface area contributed by atoms with Crippen molar-refractivity contribution in [1.29, 1.82) is 0 Å². The fraction of sp³-hybridized carbons (Fsp3) is 0.269. The molecule has 168 valence electrons. The van der Waals surface area contributed by atoms with Crippen LogP contribution in [-0.4, -0.2) is 53.4 Å². The van der Waals surface area contributed by atoms with Crippen molar-refractivity contribution in [2.24, 2.45) is 0 Å². The molecule has 33 heavy (non-hydrogen) atoms. The number of ether oxygens (including phenoxy) is 2. The van der Waals surface area contributed by atoms with Crippen molar-refractivity contribution in [3.05, 3.63) is 72.7 Å². The second kappa shape index (κ2) is 9.42. The summed E-state index contributed by atoms with van der Waals surface area (Å²) < 4.78 is 12.5. The van der Waals surface area contributed by atoms with Crippen LogP contribution in [0.4, 0.5) is 5.82 Å². The molecule has 2 aromatic heterocycles. The number of carbonyl (C=O) groups excluding carboxylic acids is 1. The van der Waals surface area contributed by atoms with E-state index in [0.29, 0.717) is 6.61 Å². The van der Waals surface area contributed by atoms with Crippen molar-refractivity contribution < 1.29 is 14.3 Å². The monoisotopic (exact) mass is 442 g/mol. The summed E-state index contributed by atoms with van der Waals surface area (Å²) in [5, 5.41) is 0. The number of hydrogen-bond donors (Lipinski definition) is 0. The lowest BCUT2D eigenvalue weighted by Gasteiger charge is -2.27. The van der Waals surface area contributed by atoms with Crippen LogP contribution >= 0.6 is 0 Å². The van der Waals surface area contributed by atoms with Gasteiger partial charge in [0.05, 0.1) is 37.3 Å². The highest BCUT2D eigenvalue weighted by atomic mass is 16.5. The molecule has 0 N–H and O–H groups in total. The Morgan fingerprint density at radius 1 is 1.00 bits per heavy atom. The minimum Gasteiger partial charge on any atom is -0.466 e. The molecule has 0 aliphatic carbocycles. The van der Waals surface area contributed by atoms with Crippen molar-refractivity contribution in [3.63, 3.8) is 0 Å². The van der Waals surface area contributed by atoms with Gasteiger partial charge in [-0.05, 0) is 54.4 Å². The highest BCUT2D eigenvalue weighted by Gasteiger charge is 2.13. The quantitative estimate of drug-likeness (QED) is 0.420. The molecular formula is C26H26N4O3. The minimum atomic E-state index is -0.210. The molecule has 1 fully saturated rings. The predicted molar refractivity (Wildman–Crippen MR) is 128 cm³/mol. The Labute approximate surface area is 192 Å². The lowest BCUT2D eigenvalue weighted by molar-refractivity contribution is -0.142. The Hall–Kier alpha value is -3.71. The number of anilines is 1. The molecule has 0 bridgehead atoms. The lowest BCUT2D eigenvalue weighted by Crippen LogP contribution is -2.36. The number of carbonyl (C=O) groups is 1. The fourth-order valence-electron chi connectivity index (χ4n) is 4.09. The van der Waals surface area contributed by atoms with Gasteiger partial charge in [-0.15, -0.1) is 0 Å². The summed E-state index contributed by atoms with van der Waals surface area (Å²) in [6.45, 7) is 5.45. The van der Waals surface area contributed by atoms with Crippen LogP contribution in [0.3, 0.4) is 0 Å². The SMILES string of the molecule is CCOC(=O)Cc1ccc(-n2cnc3cc(-c4ccc(N5CCOCC5)nc4)ccc32)cc1. The first-order chi connectivity index (χ1) is 16.2. The number of pyridine rings is 1. The Balaban J connectivity index is 1.35. The van der Waals surface area contributed by atoms with Crippen molar-refractivity contribution in [3.8, 4) is 16.8 Å². The van der Waals surface area contributed by atoms with E-state index in [4.69, 9.17) is 9.47 Å². The second-order valence-corrected chi connectivity index (χ2v) is 7.97. The number of rotatable bonds is 6. The zero-order valence-corrected chi connectivity index (χ0v) is 18.6. The molecule has 0 unspecified atom stereocenters. The first kappa shape index (κ1) is 21.2. The lowest BCUT2D eigenvalue weighted by atomic mass is 10.1. The summed E-state index contributed by atoms with van der Waals surface area (Å²) >= 11 is 0. The van der Waals surface area contributed by atoms with Gasteiger partial charge in [0.25, 0.3) is 0 Å². The van der Waals surface area contributed by atoms with Crippen LogP contribution in [0.15, 0.2) is 67.1 Å². The van der Waals surface area contributed by atoms with Crippen LogP contribution in [-0.2, 0) is 20.7 Å². The number of nitrogens with zero attached hydrogens (tertiary/aromatic N) is 4. The first-order valence-corrected chi connectivity index (χ1v) is 11.2. The average molecular weight is 443 g/mol. The number of esters is 1. The van der Waals surface area contributed by atoms with E-state index in [9.17, 15) is 4.79 Å². The average Bonchev–Trinajstić information content (AvgIpc) is 3.29. The maximum Gasteiger partial charge on any atom is 0.310 e. The standard InChI is InChI=1S/C26H26N4O3/c1-2-33-26(31)15-19-3-7-22(8-4-19)30-18-28-23-16-20(5-9-24(23)30)21-6-10-25(27-17-21)29-11-13-32-14-12-29/h3-10,16-18H,2,11-15H2,1H3. The molecule has 0 atom stereocenters. The van der Waals surface area contributed by atoms with Gasteiger partial charge in [0.15, 0.2) is 0 Å². The topological polar surface area (TPSA) is 69.5 Å². The van der Waals surface area contributed by atoms with Crippen molar-refractivity contribution in [2.75, 3.05) is 37.8 Å². The zero-order chi connectivity index (χ0) is 22.6. The number of hydrogen-bond acceptors (Lipinski definition) is 6. The van der Waals surface area contributed by atoms with Crippen molar-refractivity contribution in [2.45, 2.75) is 13.3 Å². The number of aromatic nitrogens is 3. The highest BCUT2D eigenvalue weighted by molar-refractivity contribution is 5.83. The van der Waals surface area contributed by atoms with Gasteiger partial charge in [0.1, 0.15) is 12.1 Å². The molecule has 0 radical (unpaired) electrons. The van der Waals surface area contributed by atoms with E-state index in [1.54, 1.807) is 0 Å². The Kier molecular flexibility index (Phi) is 6.04. The second-order valence-electron chi connectivity index (χ2n) is 7.97. The summed E-state index contributed by atoms with van der Waals surface area (Å²) in [5.41, 5.74) is 6.01. The Bertz CT molecular complexity index is 1240. The zero-order valence-electron chi connectivity index (χ0n) is 18.6. The summed E-state index contributed by atoms with van der Waals surface area (Å²) in [4.78, 5) is 23.2. The maximum absolute atomic E-state index is 11.7. The minimum absolute atomic E-state index is 0.210. The van der Waals surface area contributed by atoms with Gasteiger partial charge in [-0.25, -0.2) is 9.97 Å². The molecule has 1 aliphatic heterocycles. The van der Waals surface area contributed by atoms with E-state index in [0.717, 1.165) is 65.5 Å². The van der Waals surface area contributed by atoms with Crippen LogP contribution in [0.1, 0.15) is 12.5 Å². The third-order valence-electron chi connectivity index (χ3n) is 5.83. The molecular weight excluding hydrogens is 416 g/mol. The summed E-state index contributed by atoms with van der Waals surface area (Å²) in [7, 11) is 0. The molecule has 1 saturated heterocycles. The molecule has 0 spiro atoms. The molecule has 4 aromatic rings. The number of imidazole rings is 1. The molecule has 7 heteroatoms. The van der Waals surface area contributed by atoms with Gasteiger partial charge in [-0.1, -0.05) is 18.2 Å². The van der Waals surface area contributed by atoms with E-state index in [1.807, 2.05) is 48.3 Å². The molecule has 0 amide bonds. The van der Waals surface area contributed by atoms with Gasteiger partial charge in [0, 0.05) is 30.5 Å². The summed E-state index contributed by atoms with van der Waals surface area (Å²) in [5.74, 6) is 0.775. The van der Waals surface area contributed by atoms with Crippen molar-refractivity contribution in [1.82, 2.24) is 14.5 Å². The van der Waals surface area contributed by atoms with Gasteiger partial charge in [0.2, 0.25) is 0 Å². The predicted octanol–water partition coefficient (Wildman–Crippen LogP) is 4.03. The largest absolute Gasteiger partial charge is 0.466 e. The van der Waals surface area contributed by atoms with Gasteiger partial charge in [-0.3, -0.25) is 9.36 Å². The third-order valence-corrected chi connectivity index (χ3v) is 5.83. The maximum atomic E-state index is 11.7. The number of benzene rings is 2. The summed E-state index contributed by atoms with van der Waals surface area (Å²) in [6, 6.07) is 18.4. The van der Waals surface area contributed by atoms with Gasteiger partial charge < -0.3 is 14.4 Å². The van der Waals surface area contributed by atoms with Crippen molar-refractivity contribution >= 4 is 22.8 Å². The molecule has 2 aromatic carbocycles. The molecule has 7 nitrogen and oxygen atoms in total. The Morgan fingerprint density at radius 2 is 1.79 bits per heavy atom. The van der Waals surface area contributed by atoms with E-state index < -0.39 is 0 Å². The molecule has 1 aliphatic rings. The van der Waals surface area contributed by atoms with Crippen LogP contribution in [0, 0.1) is 0 Å². The first-order valence-electron chi connectivity index (χ1n) is 11.2. The van der Waals surface area contributed by atoms with Gasteiger partial charge in [-0.2, -0.15) is 0 Å². The highest BCUT2D eigenvalue weighted by Crippen LogP contribution is 2.26. The van der Waals surface area contributed by atoms with Crippen LogP contribution in [0.5, 0.6) is 0 Å². The molecule has 0 saturated carbocycles. The molecule has 3 heterocycles. The normalized spacial score (nSPS) is 13.9. The van der Waals surface area contributed by atoms with Crippen LogP contribution < -0.4 is 4.90 Å². The van der Waals surface area contributed by atoms with E-state index in [1.165, 1.54) is 0 Å². The van der Waals surface area contributed by atoms with Gasteiger partial charge >= 0.3 is 5.97 Å². The van der Waals surface area contributed by atoms with Crippen LogP contribution in [0.2, 0.25) is 0 Å². The fourth-order valence-corrected chi connectivity index (χ4v) is 4.09. The van der Waals surface area contributed by atoms with E-state index >= 15 is 0 Å². The third kappa shape index (κ3) is 4.59. The number of morpholine rings is 1. The Morgan fingerprint density at radius 3 is 2.52 bits per heavy atom. The van der Waals surface area contributed by atoms with E-state index in [2.05, 4.69) is 45.2 Å².